The van der Waals surface area contributed by atoms with Gasteiger partial charge in [0.15, 0.2) is 0 Å². The molecule has 0 bridgehead atoms. The van der Waals surface area contributed by atoms with E-state index in [1.165, 1.54) is 89.9 Å². The fourth-order valence-electron chi connectivity index (χ4n) is 2.39. The van der Waals surface area contributed by atoms with Crippen LogP contribution in [0.2, 0.25) is 0 Å². The Kier molecular flexibility index (Phi) is 40.9. The van der Waals surface area contributed by atoms with Crippen molar-refractivity contribution in [3.05, 3.63) is 12.2 Å². The minimum Gasteiger partial charge on any atom is -0.330 e. The highest BCUT2D eigenvalue weighted by atomic mass is 35.5. The van der Waals surface area contributed by atoms with Gasteiger partial charge in [-0.3, -0.25) is 0 Å². The molecule has 1 nitrogen and oxygen atoms in total. The lowest BCUT2D eigenvalue weighted by Crippen LogP contribution is -1.97. The van der Waals surface area contributed by atoms with E-state index >= 15 is 0 Å². The van der Waals surface area contributed by atoms with Gasteiger partial charge in [-0.05, 0) is 38.6 Å². The number of hydrogen-bond acceptors (Lipinski definition) is 1. The van der Waals surface area contributed by atoms with Gasteiger partial charge in [0.05, 0.1) is 0 Å². The van der Waals surface area contributed by atoms with Gasteiger partial charge >= 0.3 is 0 Å². The van der Waals surface area contributed by atoms with Crippen LogP contribution < -0.4 is 5.73 Å². The summed E-state index contributed by atoms with van der Waals surface area (Å²) in [6, 6.07) is 0. The molecule has 22 heavy (non-hydrogen) atoms. The van der Waals surface area contributed by atoms with Crippen molar-refractivity contribution in [2.75, 3.05) is 6.54 Å². The van der Waals surface area contributed by atoms with Gasteiger partial charge in [0.25, 0.3) is 0 Å². The molecule has 2 N–H and O–H groups in total. The predicted molar refractivity (Wildman–Crippen MR) is 110 cm³/mol. The highest BCUT2D eigenvalue weighted by Gasteiger charge is 1.90. The molecule has 0 aliphatic rings. The van der Waals surface area contributed by atoms with Crippen molar-refractivity contribution in [3.8, 4) is 0 Å². The van der Waals surface area contributed by atoms with E-state index in [1.54, 1.807) is 0 Å². The van der Waals surface area contributed by atoms with Gasteiger partial charge in [-0.1, -0.05) is 76.9 Å². The molecule has 0 aliphatic heterocycles. The Labute approximate surface area is 158 Å². The van der Waals surface area contributed by atoms with Crippen molar-refractivity contribution < 1.29 is 0 Å². The van der Waals surface area contributed by atoms with Gasteiger partial charge in [0.1, 0.15) is 0 Å². The summed E-state index contributed by atoms with van der Waals surface area (Å²) in [5.41, 5.74) is 5.47. The van der Waals surface area contributed by atoms with Crippen LogP contribution in [-0.2, 0) is 0 Å². The summed E-state index contributed by atoms with van der Waals surface area (Å²) in [6.45, 7) is 3.14. The van der Waals surface area contributed by atoms with Crippen LogP contribution in [0.5, 0.6) is 0 Å². The number of hydrogen-bond donors (Lipinski definition) is 1. The summed E-state index contributed by atoms with van der Waals surface area (Å²) in [4.78, 5) is 0. The molecule has 0 saturated heterocycles. The number of halogens is 3. The molecule has 0 atom stereocenters. The summed E-state index contributed by atoms with van der Waals surface area (Å²) in [7, 11) is 0. The first-order valence-electron chi connectivity index (χ1n) is 8.77. The smallest absolute Gasteiger partial charge is 0.00773 e. The molecular formula is C18H40Cl3N. The summed E-state index contributed by atoms with van der Waals surface area (Å²) in [5.74, 6) is 0. The second-order valence-corrected chi connectivity index (χ2v) is 5.73. The van der Waals surface area contributed by atoms with Crippen LogP contribution in [0.15, 0.2) is 12.2 Å². The maximum absolute atomic E-state index is 5.47. The van der Waals surface area contributed by atoms with E-state index < -0.39 is 0 Å². The number of rotatable bonds is 15. The first-order chi connectivity index (χ1) is 9.41. The third-order valence-electron chi connectivity index (χ3n) is 3.72. The SMILES string of the molecule is CCCCCCCCC=CCCCCCCCCN.Cl.Cl.Cl. The van der Waals surface area contributed by atoms with Crippen LogP contribution in [0.25, 0.3) is 0 Å². The molecule has 0 saturated carbocycles. The average Bonchev–Trinajstić information content (AvgIpc) is 2.43. The molecule has 0 radical (unpaired) electrons. The Morgan fingerprint density at radius 3 is 1.32 bits per heavy atom. The molecule has 0 aromatic heterocycles. The molecule has 0 fully saturated rings. The van der Waals surface area contributed by atoms with Crippen molar-refractivity contribution in [3.63, 3.8) is 0 Å². The maximum Gasteiger partial charge on any atom is -0.00773 e. The van der Waals surface area contributed by atoms with Crippen LogP contribution in [-0.4, -0.2) is 6.54 Å². The number of unbranched alkanes of at least 4 members (excludes halogenated alkanes) is 12. The van der Waals surface area contributed by atoms with E-state index in [0.29, 0.717) is 0 Å². The van der Waals surface area contributed by atoms with E-state index in [9.17, 15) is 0 Å². The third-order valence-corrected chi connectivity index (χ3v) is 3.72. The van der Waals surface area contributed by atoms with Crippen LogP contribution in [0, 0.1) is 0 Å². The van der Waals surface area contributed by atoms with E-state index in [4.69, 9.17) is 5.73 Å². The lowest BCUT2D eigenvalue weighted by Gasteiger charge is -1.99. The fourth-order valence-corrected chi connectivity index (χ4v) is 2.39. The molecule has 0 rings (SSSR count). The second kappa shape index (κ2) is 29.6. The normalized spacial score (nSPS) is 9.91. The fraction of sp³-hybridized carbons (Fsp3) is 0.889. The quantitative estimate of drug-likeness (QED) is 0.236. The molecule has 138 valence electrons. The molecule has 4 heteroatoms. The monoisotopic (exact) mass is 375 g/mol. The summed E-state index contributed by atoms with van der Waals surface area (Å²) in [6.07, 6.45) is 23.9. The van der Waals surface area contributed by atoms with Crippen LogP contribution in [0.1, 0.15) is 96.8 Å². The van der Waals surface area contributed by atoms with Crippen molar-refractivity contribution in [1.29, 1.82) is 0 Å². The average molecular weight is 377 g/mol. The van der Waals surface area contributed by atoms with E-state index in [-0.39, 0.29) is 37.2 Å². The Morgan fingerprint density at radius 2 is 0.909 bits per heavy atom. The summed E-state index contributed by atoms with van der Waals surface area (Å²) in [5, 5.41) is 0. The standard InChI is InChI=1S/C18H37N.3ClH/c1-2-3-4-5-6-7-8-9-10-11-12-13-14-15-16-17-18-19;;;/h9-10H,2-8,11-19H2,1H3;3*1H. The van der Waals surface area contributed by atoms with Crippen molar-refractivity contribution in [2.24, 2.45) is 5.73 Å². The largest absolute Gasteiger partial charge is 0.330 e. The van der Waals surface area contributed by atoms with E-state index in [0.717, 1.165) is 6.54 Å². The molecule has 0 aliphatic carbocycles. The van der Waals surface area contributed by atoms with Gasteiger partial charge in [-0.2, -0.15) is 0 Å². The van der Waals surface area contributed by atoms with Crippen LogP contribution >= 0.6 is 37.2 Å². The van der Waals surface area contributed by atoms with Gasteiger partial charge in [0, 0.05) is 0 Å². The summed E-state index contributed by atoms with van der Waals surface area (Å²) >= 11 is 0. The van der Waals surface area contributed by atoms with Gasteiger partial charge in [0.2, 0.25) is 0 Å². The molecule has 0 spiro atoms. The zero-order valence-electron chi connectivity index (χ0n) is 14.6. The first-order valence-corrected chi connectivity index (χ1v) is 8.77. The number of nitrogens with two attached hydrogens (primary N) is 1. The van der Waals surface area contributed by atoms with Crippen molar-refractivity contribution >= 4 is 37.2 Å². The van der Waals surface area contributed by atoms with Gasteiger partial charge < -0.3 is 5.73 Å². The third kappa shape index (κ3) is 28.7. The number of allylic oxidation sites excluding steroid dienone is 2. The van der Waals surface area contributed by atoms with Gasteiger partial charge in [-0.25, -0.2) is 0 Å². The Bertz CT molecular complexity index is 187. The van der Waals surface area contributed by atoms with E-state index in [2.05, 4.69) is 19.1 Å². The zero-order valence-corrected chi connectivity index (χ0v) is 17.0. The Balaban J connectivity index is -0.000000540. The Hall–Kier alpha value is 0.570. The topological polar surface area (TPSA) is 26.0 Å². The molecule has 0 heterocycles. The predicted octanol–water partition coefficient (Wildman–Crippen LogP) is 7.25. The maximum atomic E-state index is 5.47. The Morgan fingerprint density at radius 1 is 0.545 bits per heavy atom. The minimum absolute atomic E-state index is 0. The van der Waals surface area contributed by atoms with Gasteiger partial charge in [-0.15, -0.1) is 37.2 Å². The lowest BCUT2D eigenvalue weighted by molar-refractivity contribution is 0.599. The lowest BCUT2D eigenvalue weighted by atomic mass is 10.1. The highest BCUT2D eigenvalue weighted by molar-refractivity contribution is 5.86. The molecular weight excluding hydrogens is 337 g/mol. The summed E-state index contributed by atoms with van der Waals surface area (Å²) < 4.78 is 0. The van der Waals surface area contributed by atoms with E-state index in [1.807, 2.05) is 0 Å². The molecule has 0 aromatic rings. The van der Waals surface area contributed by atoms with Crippen LogP contribution in [0.4, 0.5) is 0 Å². The highest BCUT2D eigenvalue weighted by Crippen LogP contribution is 2.09. The molecule has 0 aromatic carbocycles. The first kappa shape index (κ1) is 30.5. The van der Waals surface area contributed by atoms with Crippen molar-refractivity contribution in [2.45, 2.75) is 96.8 Å². The molecule has 0 unspecified atom stereocenters. The zero-order chi connectivity index (χ0) is 14.0. The molecule has 0 amide bonds. The second-order valence-electron chi connectivity index (χ2n) is 5.73. The minimum atomic E-state index is 0. The van der Waals surface area contributed by atoms with Crippen LogP contribution in [0.3, 0.4) is 0 Å². The van der Waals surface area contributed by atoms with Crippen molar-refractivity contribution in [1.82, 2.24) is 0 Å².